The van der Waals surface area contributed by atoms with E-state index in [0.29, 0.717) is 11.7 Å². The minimum atomic E-state index is 0.126. The van der Waals surface area contributed by atoms with E-state index in [1.54, 1.807) is 22.9 Å². The summed E-state index contributed by atoms with van der Waals surface area (Å²) in [5.41, 5.74) is 0.563. The lowest BCUT2D eigenvalue weighted by molar-refractivity contribution is -0.135. The molecule has 18 heavy (non-hydrogen) atoms. The van der Waals surface area contributed by atoms with Crippen molar-refractivity contribution in [3.63, 3.8) is 0 Å². The fraction of sp³-hybridized carbons (Fsp3) is 0.571. The van der Waals surface area contributed by atoms with E-state index in [1.165, 1.54) is 6.42 Å². The molecular weight excluding hydrogens is 228 g/mol. The highest BCUT2D eigenvalue weighted by molar-refractivity contribution is 5.78. The average Bonchev–Trinajstić information content (AvgIpc) is 2.85. The number of aromatic nitrogens is 1. The van der Waals surface area contributed by atoms with Crippen LogP contribution in [0.15, 0.2) is 18.3 Å². The van der Waals surface area contributed by atoms with Crippen molar-refractivity contribution < 1.29 is 9.59 Å². The third-order valence-electron chi connectivity index (χ3n) is 3.71. The maximum atomic E-state index is 12.3. The summed E-state index contributed by atoms with van der Waals surface area (Å²) in [6, 6.07) is 3.90. The van der Waals surface area contributed by atoms with Crippen molar-refractivity contribution in [3.05, 3.63) is 24.0 Å². The molecule has 1 aliphatic rings. The van der Waals surface area contributed by atoms with Gasteiger partial charge in [-0.2, -0.15) is 0 Å². The van der Waals surface area contributed by atoms with Crippen LogP contribution in [0.5, 0.6) is 0 Å². The Hall–Kier alpha value is -1.58. The van der Waals surface area contributed by atoms with E-state index in [-0.39, 0.29) is 12.5 Å². The van der Waals surface area contributed by atoms with Gasteiger partial charge in [0, 0.05) is 18.8 Å². The molecule has 1 amide bonds. The zero-order valence-corrected chi connectivity index (χ0v) is 10.8. The summed E-state index contributed by atoms with van der Waals surface area (Å²) in [4.78, 5) is 25.1. The van der Waals surface area contributed by atoms with Crippen LogP contribution in [0.2, 0.25) is 0 Å². The molecule has 2 heterocycles. The first-order valence-electron chi connectivity index (χ1n) is 6.66. The molecule has 1 aromatic rings. The summed E-state index contributed by atoms with van der Waals surface area (Å²) in [6.45, 7) is 3.26. The molecule has 0 bridgehead atoms. The van der Waals surface area contributed by atoms with Crippen LogP contribution in [0.3, 0.4) is 0 Å². The Morgan fingerprint density at radius 1 is 1.50 bits per heavy atom. The van der Waals surface area contributed by atoms with Gasteiger partial charge in [-0.3, -0.25) is 9.59 Å². The van der Waals surface area contributed by atoms with Gasteiger partial charge in [0.1, 0.15) is 6.54 Å². The SMILES string of the molecule is CCC1CCCCN1C(=O)Cn1cccc1C=O. The van der Waals surface area contributed by atoms with Crippen molar-refractivity contribution in [1.29, 1.82) is 0 Å². The zero-order chi connectivity index (χ0) is 13.0. The number of likely N-dealkylation sites (tertiary alicyclic amines) is 1. The van der Waals surface area contributed by atoms with E-state index >= 15 is 0 Å². The molecule has 0 aliphatic carbocycles. The molecule has 98 valence electrons. The molecule has 0 aromatic carbocycles. The maximum Gasteiger partial charge on any atom is 0.242 e. The molecule has 0 saturated carbocycles. The quantitative estimate of drug-likeness (QED) is 0.766. The van der Waals surface area contributed by atoms with Gasteiger partial charge in [0.05, 0.1) is 5.69 Å². The Kier molecular flexibility index (Phi) is 4.18. The van der Waals surface area contributed by atoms with Gasteiger partial charge < -0.3 is 9.47 Å². The third kappa shape index (κ3) is 2.63. The number of nitrogens with zero attached hydrogens (tertiary/aromatic N) is 2. The number of hydrogen-bond acceptors (Lipinski definition) is 2. The lowest BCUT2D eigenvalue weighted by Crippen LogP contribution is -2.44. The van der Waals surface area contributed by atoms with E-state index in [9.17, 15) is 9.59 Å². The standard InChI is InChI=1S/C14H20N2O2/c1-2-12-6-3-4-9-16(12)14(18)10-15-8-5-7-13(15)11-17/h5,7-8,11-12H,2-4,6,9-10H2,1H3. The largest absolute Gasteiger partial charge is 0.338 e. The van der Waals surface area contributed by atoms with Gasteiger partial charge in [-0.1, -0.05) is 6.92 Å². The lowest BCUT2D eigenvalue weighted by Gasteiger charge is -2.35. The summed E-state index contributed by atoms with van der Waals surface area (Å²) < 4.78 is 1.72. The fourth-order valence-corrected chi connectivity index (χ4v) is 2.67. The van der Waals surface area contributed by atoms with Gasteiger partial charge in [-0.15, -0.1) is 0 Å². The molecule has 0 spiro atoms. The van der Waals surface area contributed by atoms with Gasteiger partial charge >= 0.3 is 0 Å². The summed E-state index contributed by atoms with van der Waals surface area (Å²) in [6.07, 6.45) is 7.00. The summed E-state index contributed by atoms with van der Waals surface area (Å²) in [5.74, 6) is 0.126. The summed E-state index contributed by atoms with van der Waals surface area (Å²) >= 11 is 0. The molecular formula is C14H20N2O2. The molecule has 1 unspecified atom stereocenters. The van der Waals surface area contributed by atoms with Gasteiger partial charge in [0.25, 0.3) is 0 Å². The number of hydrogen-bond donors (Lipinski definition) is 0. The number of aldehydes is 1. The van der Waals surface area contributed by atoms with Crippen molar-refractivity contribution >= 4 is 12.2 Å². The topological polar surface area (TPSA) is 42.3 Å². The van der Waals surface area contributed by atoms with Crippen LogP contribution >= 0.6 is 0 Å². The first-order valence-corrected chi connectivity index (χ1v) is 6.66. The zero-order valence-electron chi connectivity index (χ0n) is 10.8. The lowest BCUT2D eigenvalue weighted by atomic mass is 10.00. The van der Waals surface area contributed by atoms with Crippen molar-refractivity contribution in [2.45, 2.75) is 45.2 Å². The molecule has 1 saturated heterocycles. The molecule has 4 heteroatoms. The average molecular weight is 248 g/mol. The van der Waals surface area contributed by atoms with Gasteiger partial charge in [-0.25, -0.2) is 0 Å². The van der Waals surface area contributed by atoms with E-state index in [4.69, 9.17) is 0 Å². The van der Waals surface area contributed by atoms with Crippen LogP contribution in [-0.4, -0.2) is 34.2 Å². The molecule has 1 aromatic heterocycles. The molecule has 2 rings (SSSR count). The third-order valence-corrected chi connectivity index (χ3v) is 3.71. The van der Waals surface area contributed by atoms with E-state index in [0.717, 1.165) is 32.1 Å². The number of piperidine rings is 1. The van der Waals surface area contributed by atoms with Crippen molar-refractivity contribution in [3.8, 4) is 0 Å². The first kappa shape index (κ1) is 12.9. The molecule has 4 nitrogen and oxygen atoms in total. The Bertz CT molecular complexity index is 425. The summed E-state index contributed by atoms with van der Waals surface area (Å²) in [5, 5.41) is 0. The van der Waals surface area contributed by atoms with Gasteiger partial charge in [-0.05, 0) is 37.8 Å². The van der Waals surface area contributed by atoms with Crippen molar-refractivity contribution in [1.82, 2.24) is 9.47 Å². The highest BCUT2D eigenvalue weighted by atomic mass is 16.2. The Morgan fingerprint density at radius 2 is 2.33 bits per heavy atom. The van der Waals surface area contributed by atoms with E-state index in [1.807, 2.05) is 4.90 Å². The van der Waals surface area contributed by atoms with Crippen LogP contribution in [0.25, 0.3) is 0 Å². The maximum absolute atomic E-state index is 12.3. The van der Waals surface area contributed by atoms with Crippen molar-refractivity contribution in [2.24, 2.45) is 0 Å². The molecule has 0 N–H and O–H groups in total. The molecule has 1 atom stereocenters. The molecule has 1 fully saturated rings. The van der Waals surface area contributed by atoms with Gasteiger partial charge in [0.15, 0.2) is 6.29 Å². The van der Waals surface area contributed by atoms with Crippen LogP contribution in [0.1, 0.15) is 43.1 Å². The number of carbonyl (C=O) groups excluding carboxylic acids is 2. The van der Waals surface area contributed by atoms with Crippen LogP contribution < -0.4 is 0 Å². The second-order valence-electron chi connectivity index (χ2n) is 4.82. The second-order valence-corrected chi connectivity index (χ2v) is 4.82. The van der Waals surface area contributed by atoms with Crippen LogP contribution in [0, 0.1) is 0 Å². The van der Waals surface area contributed by atoms with Gasteiger partial charge in [0.2, 0.25) is 5.91 Å². The van der Waals surface area contributed by atoms with E-state index < -0.39 is 0 Å². The monoisotopic (exact) mass is 248 g/mol. The predicted molar refractivity (Wildman–Crippen MR) is 69.5 cm³/mol. The smallest absolute Gasteiger partial charge is 0.242 e. The number of carbonyl (C=O) groups is 2. The highest BCUT2D eigenvalue weighted by Crippen LogP contribution is 2.20. The van der Waals surface area contributed by atoms with Crippen LogP contribution in [-0.2, 0) is 11.3 Å². The minimum Gasteiger partial charge on any atom is -0.338 e. The van der Waals surface area contributed by atoms with Crippen LogP contribution in [0.4, 0.5) is 0 Å². The Labute approximate surface area is 108 Å². The Balaban J connectivity index is 2.04. The second kappa shape index (κ2) is 5.85. The predicted octanol–water partition coefficient (Wildman–Crippen LogP) is 2.09. The van der Waals surface area contributed by atoms with E-state index in [2.05, 4.69) is 6.92 Å². The molecule has 1 aliphatic heterocycles. The molecule has 0 radical (unpaired) electrons. The number of rotatable bonds is 4. The normalized spacial score (nSPS) is 19.8. The number of amides is 1. The van der Waals surface area contributed by atoms with Crippen molar-refractivity contribution in [2.75, 3.05) is 6.54 Å². The first-order chi connectivity index (χ1) is 8.76. The minimum absolute atomic E-state index is 0.126. The highest BCUT2D eigenvalue weighted by Gasteiger charge is 2.25. The Morgan fingerprint density at radius 3 is 3.06 bits per heavy atom. The fourth-order valence-electron chi connectivity index (χ4n) is 2.67. The summed E-state index contributed by atoms with van der Waals surface area (Å²) in [7, 11) is 0.